The number of rotatable bonds is 8. The fraction of sp³-hybridized carbons (Fsp3) is 0.321. The zero-order valence-corrected chi connectivity index (χ0v) is 20.2. The number of nitrogens with zero attached hydrogens (tertiary/aromatic N) is 3. The maximum atomic E-state index is 8.96. The molecule has 35 heavy (non-hydrogen) atoms. The molecule has 1 aliphatic rings. The number of benzene rings is 2. The van der Waals surface area contributed by atoms with Crippen LogP contribution in [0.5, 0.6) is 11.5 Å². The van der Waals surface area contributed by atoms with Crippen molar-refractivity contribution in [1.82, 2.24) is 15.6 Å². The van der Waals surface area contributed by atoms with E-state index in [2.05, 4.69) is 44.9 Å². The van der Waals surface area contributed by atoms with Crippen molar-refractivity contribution in [3.8, 4) is 17.7 Å². The molecule has 0 spiro atoms. The van der Waals surface area contributed by atoms with Crippen LogP contribution in [0, 0.1) is 11.5 Å². The van der Waals surface area contributed by atoms with Crippen molar-refractivity contribution in [3.63, 3.8) is 0 Å². The summed E-state index contributed by atoms with van der Waals surface area (Å²) in [4.78, 5) is 8.71. The van der Waals surface area contributed by atoms with E-state index >= 15 is 0 Å². The molecule has 1 fully saturated rings. The molecule has 1 unspecified atom stereocenters. The van der Waals surface area contributed by atoms with Gasteiger partial charge in [0.05, 0.1) is 18.9 Å². The van der Waals surface area contributed by atoms with E-state index in [4.69, 9.17) is 14.7 Å². The van der Waals surface area contributed by atoms with Crippen molar-refractivity contribution in [2.24, 2.45) is 4.99 Å². The van der Waals surface area contributed by atoms with E-state index in [1.54, 1.807) is 14.2 Å². The van der Waals surface area contributed by atoms with Gasteiger partial charge in [0.2, 0.25) is 5.96 Å². The molecule has 1 saturated carbocycles. The Labute approximate surface area is 206 Å². The van der Waals surface area contributed by atoms with Gasteiger partial charge in [-0.2, -0.15) is 5.26 Å². The molecular formula is C28H31N5O2. The lowest BCUT2D eigenvalue weighted by Gasteiger charge is -2.22. The molecule has 1 heterocycles. The first kappa shape index (κ1) is 24.1. The molecule has 0 aliphatic heterocycles. The highest BCUT2D eigenvalue weighted by atomic mass is 16.5. The van der Waals surface area contributed by atoms with Crippen molar-refractivity contribution in [2.45, 2.75) is 44.1 Å². The first-order valence-electron chi connectivity index (χ1n) is 11.9. The molecule has 3 aromatic rings. The molecule has 1 atom stereocenters. The van der Waals surface area contributed by atoms with Gasteiger partial charge < -0.3 is 14.8 Å². The Morgan fingerprint density at radius 3 is 2.57 bits per heavy atom. The van der Waals surface area contributed by atoms with Crippen LogP contribution in [0.3, 0.4) is 0 Å². The van der Waals surface area contributed by atoms with Crippen LogP contribution in [-0.2, 0) is 6.42 Å². The van der Waals surface area contributed by atoms with Gasteiger partial charge in [-0.15, -0.1) is 0 Å². The van der Waals surface area contributed by atoms with Gasteiger partial charge in [0, 0.05) is 25.4 Å². The Bertz CT molecular complexity index is 1180. The molecule has 2 aromatic carbocycles. The van der Waals surface area contributed by atoms with Gasteiger partial charge in [0.25, 0.3) is 0 Å². The molecule has 0 bridgehead atoms. The van der Waals surface area contributed by atoms with Gasteiger partial charge in [-0.25, -0.2) is 4.99 Å². The highest BCUT2D eigenvalue weighted by molar-refractivity contribution is 5.83. The Balaban J connectivity index is 1.73. The smallest absolute Gasteiger partial charge is 0.209 e. The Kier molecular flexibility index (Phi) is 8.18. The van der Waals surface area contributed by atoms with E-state index in [0.717, 1.165) is 47.6 Å². The second-order valence-corrected chi connectivity index (χ2v) is 8.59. The van der Waals surface area contributed by atoms with Crippen molar-refractivity contribution in [2.75, 3.05) is 14.2 Å². The summed E-state index contributed by atoms with van der Waals surface area (Å²) < 4.78 is 12.0. The summed E-state index contributed by atoms with van der Waals surface area (Å²) in [7, 11) is 3.41. The lowest BCUT2D eigenvalue weighted by Crippen LogP contribution is -2.30. The normalized spacial score (nSPS) is 14.7. The molecule has 180 valence electrons. The molecule has 2 N–H and O–H groups in total. The highest BCUT2D eigenvalue weighted by Gasteiger charge is 2.22. The molecular weight excluding hydrogens is 438 g/mol. The van der Waals surface area contributed by atoms with E-state index < -0.39 is 0 Å². The number of aliphatic imine (C=N–C) groups is 1. The van der Waals surface area contributed by atoms with Crippen LogP contribution in [0.25, 0.3) is 0 Å². The van der Waals surface area contributed by atoms with Crippen molar-refractivity contribution >= 4 is 11.6 Å². The number of ether oxygens (including phenoxy) is 2. The summed E-state index contributed by atoms with van der Waals surface area (Å²) in [6.07, 6.45) is 11.2. The molecule has 1 aliphatic carbocycles. The van der Waals surface area contributed by atoms with Crippen LogP contribution in [0.2, 0.25) is 0 Å². The predicted octanol–water partition coefficient (Wildman–Crippen LogP) is 5.06. The summed E-state index contributed by atoms with van der Waals surface area (Å²) in [6, 6.07) is 18.4. The van der Waals surface area contributed by atoms with E-state index in [1.165, 1.54) is 18.4 Å². The zero-order chi connectivity index (χ0) is 24.5. The third-order valence-corrected chi connectivity index (χ3v) is 6.30. The molecule has 0 amide bonds. The van der Waals surface area contributed by atoms with Gasteiger partial charge in [0.15, 0.2) is 17.7 Å². The average Bonchev–Trinajstić information content (AvgIpc) is 3.41. The van der Waals surface area contributed by atoms with Gasteiger partial charge >= 0.3 is 0 Å². The van der Waals surface area contributed by atoms with Crippen LogP contribution in [-0.4, -0.2) is 31.2 Å². The zero-order valence-electron chi connectivity index (χ0n) is 20.2. The largest absolute Gasteiger partial charge is 0.493 e. The SMILES string of the molecule is CNC(=Nc1cccc(C(Cc2ccncc2)c2ccc(OC)c(OC3CCCC3)c2)c1)NC#N. The summed E-state index contributed by atoms with van der Waals surface area (Å²) in [5.41, 5.74) is 4.20. The summed E-state index contributed by atoms with van der Waals surface area (Å²) >= 11 is 0. The number of aromatic nitrogens is 1. The van der Waals surface area contributed by atoms with Crippen LogP contribution >= 0.6 is 0 Å². The van der Waals surface area contributed by atoms with Crippen molar-refractivity contribution < 1.29 is 9.47 Å². The fourth-order valence-electron chi connectivity index (χ4n) is 4.51. The number of hydrogen-bond acceptors (Lipinski definition) is 5. The van der Waals surface area contributed by atoms with E-state index in [9.17, 15) is 0 Å². The second-order valence-electron chi connectivity index (χ2n) is 8.59. The van der Waals surface area contributed by atoms with Gasteiger partial charge in [-0.05, 0) is 85.2 Å². The molecule has 0 saturated heterocycles. The predicted molar refractivity (Wildman–Crippen MR) is 137 cm³/mol. The number of hydrogen-bond donors (Lipinski definition) is 2. The number of pyridine rings is 1. The minimum absolute atomic E-state index is 0.0614. The molecule has 7 nitrogen and oxygen atoms in total. The van der Waals surface area contributed by atoms with E-state index in [1.807, 2.05) is 48.9 Å². The first-order chi connectivity index (χ1) is 17.2. The lowest BCUT2D eigenvalue weighted by molar-refractivity contribution is 0.200. The van der Waals surface area contributed by atoms with Crippen LogP contribution in [0.4, 0.5) is 5.69 Å². The monoisotopic (exact) mass is 469 g/mol. The van der Waals surface area contributed by atoms with E-state index in [-0.39, 0.29) is 12.0 Å². The lowest BCUT2D eigenvalue weighted by atomic mass is 9.86. The Morgan fingerprint density at radius 1 is 1.09 bits per heavy atom. The Morgan fingerprint density at radius 2 is 1.86 bits per heavy atom. The first-order valence-corrected chi connectivity index (χ1v) is 11.9. The van der Waals surface area contributed by atoms with Gasteiger partial charge in [-0.3, -0.25) is 10.3 Å². The van der Waals surface area contributed by atoms with Gasteiger partial charge in [0.1, 0.15) is 0 Å². The third kappa shape index (κ3) is 6.30. The maximum absolute atomic E-state index is 8.96. The molecule has 0 radical (unpaired) electrons. The fourth-order valence-corrected chi connectivity index (χ4v) is 4.51. The highest BCUT2D eigenvalue weighted by Crippen LogP contribution is 2.38. The summed E-state index contributed by atoms with van der Waals surface area (Å²) in [5, 5.41) is 14.4. The topological polar surface area (TPSA) is 91.6 Å². The maximum Gasteiger partial charge on any atom is 0.209 e. The second kappa shape index (κ2) is 11.9. The molecule has 4 rings (SSSR count). The molecule has 1 aromatic heterocycles. The minimum atomic E-state index is 0.0614. The summed E-state index contributed by atoms with van der Waals surface area (Å²) in [5.74, 6) is 2.00. The van der Waals surface area contributed by atoms with Crippen molar-refractivity contribution in [3.05, 3.63) is 83.7 Å². The van der Waals surface area contributed by atoms with Gasteiger partial charge in [-0.1, -0.05) is 18.2 Å². The van der Waals surface area contributed by atoms with Crippen LogP contribution in [0.15, 0.2) is 72.0 Å². The minimum Gasteiger partial charge on any atom is -0.493 e. The number of nitriles is 1. The quantitative estimate of drug-likeness (QED) is 0.207. The van der Waals surface area contributed by atoms with Crippen molar-refractivity contribution in [1.29, 1.82) is 5.26 Å². The Hall–Kier alpha value is -4.05. The number of guanidine groups is 1. The third-order valence-electron chi connectivity index (χ3n) is 6.30. The average molecular weight is 470 g/mol. The van der Waals surface area contributed by atoms with E-state index in [0.29, 0.717) is 5.96 Å². The standard InChI is InChI=1S/C28H31N5O2/c1-30-28(32-19-29)33-23-7-5-6-21(17-23)25(16-20-12-14-31-15-13-20)22-10-11-26(34-2)27(18-22)35-24-8-3-4-9-24/h5-7,10-15,17-18,24-25H,3-4,8-9,16H2,1-2H3,(H2,30,32,33). The summed E-state index contributed by atoms with van der Waals surface area (Å²) in [6.45, 7) is 0. The van der Waals surface area contributed by atoms with Crippen LogP contribution in [0.1, 0.15) is 48.3 Å². The molecule has 7 heteroatoms. The number of methoxy groups -OCH3 is 1. The van der Waals surface area contributed by atoms with Crippen LogP contribution < -0.4 is 20.1 Å². The number of nitrogens with one attached hydrogen (secondary N) is 2.